The van der Waals surface area contributed by atoms with Gasteiger partial charge in [0.2, 0.25) is 5.91 Å². The fourth-order valence-corrected chi connectivity index (χ4v) is 9.46. The van der Waals surface area contributed by atoms with Gasteiger partial charge in [-0.1, -0.05) is 283 Å². The molecule has 0 radical (unpaired) electrons. The van der Waals surface area contributed by atoms with E-state index in [4.69, 9.17) is 4.74 Å². The fraction of sp³-hybridized carbons (Fsp3) is 0.933. The molecule has 0 aromatic heterocycles. The Kier molecular flexibility index (Phi) is 55.0. The zero-order valence-electron chi connectivity index (χ0n) is 44.7. The van der Waals surface area contributed by atoms with Crippen molar-refractivity contribution < 1.29 is 24.5 Å². The molecule has 2 atom stereocenters. The van der Waals surface area contributed by atoms with E-state index in [1.165, 1.54) is 238 Å². The van der Waals surface area contributed by atoms with Crippen molar-refractivity contribution in [3.63, 3.8) is 0 Å². The van der Waals surface area contributed by atoms with E-state index in [9.17, 15) is 19.8 Å². The van der Waals surface area contributed by atoms with Crippen molar-refractivity contribution in [1.29, 1.82) is 0 Å². The van der Waals surface area contributed by atoms with Crippen LogP contribution < -0.4 is 5.32 Å². The van der Waals surface area contributed by atoms with Gasteiger partial charge in [-0.2, -0.15) is 0 Å². The van der Waals surface area contributed by atoms with E-state index in [0.29, 0.717) is 25.9 Å². The van der Waals surface area contributed by atoms with Crippen molar-refractivity contribution in [1.82, 2.24) is 5.32 Å². The Hall–Kier alpha value is -1.40. The van der Waals surface area contributed by atoms with Gasteiger partial charge in [-0.25, -0.2) is 0 Å². The molecular formula is C60H117NO5. The first-order valence-electron chi connectivity index (χ1n) is 29.9. The molecule has 3 N–H and O–H groups in total. The molecular weight excluding hydrogens is 815 g/mol. The number of hydrogen-bond donors (Lipinski definition) is 3. The second-order valence-electron chi connectivity index (χ2n) is 20.7. The maximum Gasteiger partial charge on any atom is 0.305 e. The second kappa shape index (κ2) is 56.2. The van der Waals surface area contributed by atoms with Crippen molar-refractivity contribution >= 4 is 11.9 Å². The van der Waals surface area contributed by atoms with Gasteiger partial charge < -0.3 is 20.3 Å². The molecule has 0 aromatic carbocycles. The fourth-order valence-electron chi connectivity index (χ4n) is 9.46. The van der Waals surface area contributed by atoms with Crippen molar-refractivity contribution in [2.75, 3.05) is 13.2 Å². The number of amides is 1. The topological polar surface area (TPSA) is 95.9 Å². The standard InChI is InChI=1S/C60H117NO5/c1-3-5-7-9-11-13-15-16-17-18-19-20-21-22-23-26-29-33-36-40-44-48-52-58(63)57(56-62)61-59(64)53-49-45-41-37-34-30-27-24-25-28-31-35-39-43-47-51-55-66-60(65)54-50-46-42-38-32-14-12-10-8-6-4-2/h24,27,57-58,62-63H,3-23,25-26,28-56H2,1-2H3,(H,61,64)/b27-24-. The predicted octanol–water partition coefficient (Wildman–Crippen LogP) is 18.5. The van der Waals surface area contributed by atoms with Crippen LogP contribution in [0.3, 0.4) is 0 Å². The average molecular weight is 933 g/mol. The van der Waals surface area contributed by atoms with Gasteiger partial charge in [-0.3, -0.25) is 9.59 Å². The molecule has 0 rings (SSSR count). The summed E-state index contributed by atoms with van der Waals surface area (Å²) in [5.74, 6) is -0.0506. The maximum absolute atomic E-state index is 12.5. The monoisotopic (exact) mass is 932 g/mol. The molecule has 0 heterocycles. The van der Waals surface area contributed by atoms with Crippen LogP contribution in [0, 0.1) is 0 Å². The van der Waals surface area contributed by atoms with Crippen LogP contribution in [0.15, 0.2) is 12.2 Å². The number of carbonyl (C=O) groups is 2. The van der Waals surface area contributed by atoms with Gasteiger partial charge in [-0.05, 0) is 51.4 Å². The molecule has 0 spiro atoms. The molecule has 6 heteroatoms. The zero-order chi connectivity index (χ0) is 47.9. The Morgan fingerprint density at radius 1 is 0.409 bits per heavy atom. The highest BCUT2D eigenvalue weighted by atomic mass is 16.5. The van der Waals surface area contributed by atoms with E-state index in [1.807, 2.05) is 0 Å². The number of allylic oxidation sites excluding steroid dienone is 2. The molecule has 392 valence electrons. The first kappa shape index (κ1) is 64.6. The largest absolute Gasteiger partial charge is 0.466 e. The van der Waals surface area contributed by atoms with Gasteiger partial charge in [0.15, 0.2) is 0 Å². The molecule has 0 saturated carbocycles. The normalized spacial score (nSPS) is 12.6. The lowest BCUT2D eigenvalue weighted by Gasteiger charge is -2.22. The van der Waals surface area contributed by atoms with E-state index < -0.39 is 12.1 Å². The number of hydrogen-bond acceptors (Lipinski definition) is 5. The Bertz CT molecular complexity index is 986. The Balaban J connectivity index is 3.46. The number of carbonyl (C=O) groups excluding carboxylic acids is 2. The van der Waals surface area contributed by atoms with Crippen molar-refractivity contribution in [3.8, 4) is 0 Å². The summed E-state index contributed by atoms with van der Waals surface area (Å²) in [6, 6.07) is -0.554. The minimum Gasteiger partial charge on any atom is -0.466 e. The number of unbranched alkanes of at least 4 members (excludes halogenated alkanes) is 43. The zero-order valence-corrected chi connectivity index (χ0v) is 44.7. The van der Waals surface area contributed by atoms with Crippen LogP contribution in [-0.2, 0) is 14.3 Å². The molecule has 0 aliphatic rings. The van der Waals surface area contributed by atoms with E-state index >= 15 is 0 Å². The molecule has 0 fully saturated rings. The quantitative estimate of drug-likeness (QED) is 0.0321. The predicted molar refractivity (Wildman–Crippen MR) is 287 cm³/mol. The van der Waals surface area contributed by atoms with Crippen LogP contribution in [0.5, 0.6) is 0 Å². The van der Waals surface area contributed by atoms with Gasteiger partial charge in [0.25, 0.3) is 0 Å². The Morgan fingerprint density at radius 3 is 1.08 bits per heavy atom. The highest BCUT2D eigenvalue weighted by Crippen LogP contribution is 2.18. The summed E-state index contributed by atoms with van der Waals surface area (Å²) in [6.45, 7) is 4.95. The molecule has 66 heavy (non-hydrogen) atoms. The molecule has 0 aliphatic carbocycles. The Labute approximate surface area is 412 Å². The lowest BCUT2D eigenvalue weighted by atomic mass is 10.0. The molecule has 6 nitrogen and oxygen atoms in total. The third-order valence-electron chi connectivity index (χ3n) is 14.1. The van der Waals surface area contributed by atoms with Gasteiger partial charge in [0.05, 0.1) is 25.4 Å². The van der Waals surface area contributed by atoms with Crippen LogP contribution in [-0.4, -0.2) is 47.4 Å². The van der Waals surface area contributed by atoms with Crippen LogP contribution in [0.4, 0.5) is 0 Å². The molecule has 0 aliphatic heterocycles. The molecule has 0 aromatic rings. The first-order chi connectivity index (χ1) is 32.5. The highest BCUT2D eigenvalue weighted by Gasteiger charge is 2.20. The minimum atomic E-state index is -0.675. The Morgan fingerprint density at radius 2 is 0.712 bits per heavy atom. The molecule has 0 saturated heterocycles. The van der Waals surface area contributed by atoms with E-state index in [0.717, 1.165) is 64.2 Å². The van der Waals surface area contributed by atoms with E-state index in [2.05, 4.69) is 31.3 Å². The van der Waals surface area contributed by atoms with Crippen LogP contribution in [0.2, 0.25) is 0 Å². The van der Waals surface area contributed by atoms with Gasteiger partial charge in [0.1, 0.15) is 0 Å². The number of aliphatic hydroxyl groups excluding tert-OH is 2. The second-order valence-corrected chi connectivity index (χ2v) is 20.7. The summed E-state index contributed by atoms with van der Waals surface area (Å²) in [5.41, 5.74) is 0. The number of rotatable bonds is 56. The number of aliphatic hydroxyl groups is 2. The SMILES string of the molecule is CCCCCCCCCCCCCCCCCCCCCCCCC(O)C(CO)NC(=O)CCCCCCC/C=C\CCCCCCCCCOC(=O)CCCCCCCCCCCCC. The third-order valence-corrected chi connectivity index (χ3v) is 14.1. The molecule has 0 bridgehead atoms. The van der Waals surface area contributed by atoms with Gasteiger partial charge in [-0.15, -0.1) is 0 Å². The maximum atomic E-state index is 12.5. The highest BCUT2D eigenvalue weighted by molar-refractivity contribution is 5.76. The molecule has 2 unspecified atom stereocenters. The summed E-state index contributed by atoms with van der Waals surface area (Å²) in [7, 11) is 0. The lowest BCUT2D eigenvalue weighted by Crippen LogP contribution is -2.45. The minimum absolute atomic E-state index is 0.00225. The molecule has 1 amide bonds. The lowest BCUT2D eigenvalue weighted by molar-refractivity contribution is -0.143. The average Bonchev–Trinajstić information content (AvgIpc) is 3.32. The number of nitrogens with one attached hydrogen (secondary N) is 1. The summed E-state index contributed by atoms with van der Waals surface area (Å²) in [6.07, 6.45) is 66.4. The van der Waals surface area contributed by atoms with Crippen LogP contribution >= 0.6 is 0 Å². The van der Waals surface area contributed by atoms with Crippen molar-refractivity contribution in [2.24, 2.45) is 0 Å². The number of esters is 1. The van der Waals surface area contributed by atoms with Gasteiger partial charge in [0, 0.05) is 12.8 Å². The first-order valence-corrected chi connectivity index (χ1v) is 29.9. The van der Waals surface area contributed by atoms with E-state index in [-0.39, 0.29) is 18.5 Å². The number of ether oxygens (including phenoxy) is 1. The van der Waals surface area contributed by atoms with Crippen LogP contribution in [0.1, 0.15) is 335 Å². The van der Waals surface area contributed by atoms with Crippen molar-refractivity contribution in [2.45, 2.75) is 347 Å². The summed E-state index contributed by atoms with van der Waals surface area (Å²) in [5, 5.41) is 23.3. The van der Waals surface area contributed by atoms with E-state index in [1.54, 1.807) is 0 Å². The van der Waals surface area contributed by atoms with Gasteiger partial charge >= 0.3 is 5.97 Å². The van der Waals surface area contributed by atoms with Crippen molar-refractivity contribution in [3.05, 3.63) is 12.2 Å². The smallest absolute Gasteiger partial charge is 0.305 e. The summed E-state index contributed by atoms with van der Waals surface area (Å²) in [4.78, 5) is 24.5. The third kappa shape index (κ3) is 52.0. The summed E-state index contributed by atoms with van der Waals surface area (Å²) >= 11 is 0. The summed E-state index contributed by atoms with van der Waals surface area (Å²) < 4.78 is 5.45. The van der Waals surface area contributed by atoms with Crippen LogP contribution in [0.25, 0.3) is 0 Å².